The highest BCUT2D eigenvalue weighted by molar-refractivity contribution is 5.76. The molecule has 0 radical (unpaired) electrons. The second-order valence-corrected chi connectivity index (χ2v) is 4.85. The SMILES string of the molecule is CC(C)C(CO)NC(=O)CCc1cccc(N)c1. The quantitative estimate of drug-likeness (QED) is 0.667. The van der Waals surface area contributed by atoms with E-state index in [1.807, 2.05) is 38.1 Å². The average molecular weight is 250 g/mol. The van der Waals surface area contributed by atoms with Gasteiger partial charge in [-0.1, -0.05) is 26.0 Å². The predicted octanol–water partition coefficient (Wildman–Crippen LogP) is 1.33. The lowest BCUT2D eigenvalue weighted by molar-refractivity contribution is -0.122. The number of amides is 1. The number of carbonyl (C=O) groups excluding carboxylic acids is 1. The molecule has 0 saturated heterocycles. The summed E-state index contributed by atoms with van der Waals surface area (Å²) in [5.74, 6) is 0.191. The molecule has 1 rings (SSSR count). The summed E-state index contributed by atoms with van der Waals surface area (Å²) in [4.78, 5) is 11.7. The minimum Gasteiger partial charge on any atom is -0.399 e. The van der Waals surface area contributed by atoms with Gasteiger partial charge in [0.25, 0.3) is 0 Å². The van der Waals surface area contributed by atoms with Crippen molar-refractivity contribution >= 4 is 11.6 Å². The van der Waals surface area contributed by atoms with E-state index in [0.717, 1.165) is 5.56 Å². The van der Waals surface area contributed by atoms with Crippen molar-refractivity contribution < 1.29 is 9.90 Å². The van der Waals surface area contributed by atoms with Crippen molar-refractivity contribution in [3.05, 3.63) is 29.8 Å². The largest absolute Gasteiger partial charge is 0.399 e. The number of aliphatic hydroxyl groups excluding tert-OH is 1. The number of nitrogens with one attached hydrogen (secondary N) is 1. The van der Waals surface area contributed by atoms with Crippen LogP contribution in [0.4, 0.5) is 5.69 Å². The van der Waals surface area contributed by atoms with Gasteiger partial charge in [0, 0.05) is 12.1 Å². The maximum absolute atomic E-state index is 11.7. The van der Waals surface area contributed by atoms with Gasteiger partial charge in [-0.2, -0.15) is 0 Å². The van der Waals surface area contributed by atoms with E-state index in [0.29, 0.717) is 18.5 Å². The Morgan fingerprint density at radius 1 is 1.44 bits per heavy atom. The molecule has 0 aliphatic heterocycles. The van der Waals surface area contributed by atoms with Crippen molar-refractivity contribution in [2.24, 2.45) is 5.92 Å². The van der Waals surface area contributed by atoms with E-state index >= 15 is 0 Å². The monoisotopic (exact) mass is 250 g/mol. The minimum absolute atomic E-state index is 0.0261. The van der Waals surface area contributed by atoms with Crippen molar-refractivity contribution in [3.63, 3.8) is 0 Å². The number of aryl methyl sites for hydroxylation is 1. The van der Waals surface area contributed by atoms with Crippen LogP contribution in [0.5, 0.6) is 0 Å². The fourth-order valence-corrected chi connectivity index (χ4v) is 1.71. The standard InChI is InChI=1S/C14H22N2O2/c1-10(2)13(9-17)16-14(18)7-6-11-4-3-5-12(15)8-11/h3-5,8,10,13,17H,6-7,9,15H2,1-2H3,(H,16,18). The van der Waals surface area contributed by atoms with E-state index in [4.69, 9.17) is 10.8 Å². The van der Waals surface area contributed by atoms with Gasteiger partial charge in [-0.15, -0.1) is 0 Å². The first kappa shape index (κ1) is 14.5. The van der Waals surface area contributed by atoms with Crippen LogP contribution >= 0.6 is 0 Å². The second kappa shape index (κ2) is 7.01. The number of nitrogens with two attached hydrogens (primary N) is 1. The predicted molar refractivity (Wildman–Crippen MR) is 73.0 cm³/mol. The van der Waals surface area contributed by atoms with E-state index in [-0.39, 0.29) is 24.5 Å². The first-order valence-corrected chi connectivity index (χ1v) is 6.27. The number of hydrogen-bond donors (Lipinski definition) is 3. The van der Waals surface area contributed by atoms with Crippen LogP contribution in [-0.4, -0.2) is 23.7 Å². The van der Waals surface area contributed by atoms with Crippen molar-refractivity contribution in [1.29, 1.82) is 0 Å². The van der Waals surface area contributed by atoms with E-state index in [2.05, 4.69) is 5.32 Å². The molecule has 100 valence electrons. The van der Waals surface area contributed by atoms with Gasteiger partial charge in [0.15, 0.2) is 0 Å². The highest BCUT2D eigenvalue weighted by Crippen LogP contribution is 2.09. The van der Waals surface area contributed by atoms with Crippen LogP contribution in [0.15, 0.2) is 24.3 Å². The lowest BCUT2D eigenvalue weighted by atomic mass is 10.0. The van der Waals surface area contributed by atoms with Crippen LogP contribution < -0.4 is 11.1 Å². The number of nitrogen functional groups attached to an aromatic ring is 1. The molecule has 0 heterocycles. The third-order valence-corrected chi connectivity index (χ3v) is 2.94. The molecule has 1 aromatic rings. The number of rotatable bonds is 6. The summed E-state index contributed by atoms with van der Waals surface area (Å²) < 4.78 is 0. The van der Waals surface area contributed by atoms with Crippen LogP contribution in [0.1, 0.15) is 25.8 Å². The number of benzene rings is 1. The van der Waals surface area contributed by atoms with Crippen LogP contribution in [0.2, 0.25) is 0 Å². The Labute approximate surface area is 108 Å². The maximum atomic E-state index is 11.7. The fraction of sp³-hybridized carbons (Fsp3) is 0.500. The summed E-state index contributed by atoms with van der Waals surface area (Å²) in [5.41, 5.74) is 7.44. The lowest BCUT2D eigenvalue weighted by Gasteiger charge is -2.19. The van der Waals surface area contributed by atoms with Gasteiger partial charge in [0.2, 0.25) is 5.91 Å². The van der Waals surface area contributed by atoms with Crippen molar-refractivity contribution in [3.8, 4) is 0 Å². The molecular weight excluding hydrogens is 228 g/mol. The first-order valence-electron chi connectivity index (χ1n) is 6.27. The molecule has 1 unspecified atom stereocenters. The fourth-order valence-electron chi connectivity index (χ4n) is 1.71. The van der Waals surface area contributed by atoms with E-state index in [9.17, 15) is 4.79 Å². The number of hydrogen-bond acceptors (Lipinski definition) is 3. The average Bonchev–Trinajstić information content (AvgIpc) is 2.33. The Hall–Kier alpha value is -1.55. The van der Waals surface area contributed by atoms with Crippen molar-refractivity contribution in [1.82, 2.24) is 5.32 Å². The normalized spacial score (nSPS) is 12.4. The smallest absolute Gasteiger partial charge is 0.220 e. The van der Waals surface area contributed by atoms with Crippen molar-refractivity contribution in [2.45, 2.75) is 32.7 Å². The van der Waals surface area contributed by atoms with Gasteiger partial charge in [0.05, 0.1) is 12.6 Å². The van der Waals surface area contributed by atoms with Crippen LogP contribution in [0, 0.1) is 5.92 Å². The molecule has 4 heteroatoms. The Morgan fingerprint density at radius 3 is 2.72 bits per heavy atom. The number of carbonyl (C=O) groups is 1. The molecule has 4 nitrogen and oxygen atoms in total. The molecule has 1 amide bonds. The minimum atomic E-state index is -0.168. The summed E-state index contributed by atoms with van der Waals surface area (Å²) in [6.07, 6.45) is 1.07. The van der Waals surface area contributed by atoms with Gasteiger partial charge in [-0.25, -0.2) is 0 Å². The Balaban J connectivity index is 2.41. The van der Waals surface area contributed by atoms with Crippen LogP contribution in [0.3, 0.4) is 0 Å². The zero-order valence-electron chi connectivity index (χ0n) is 11.0. The molecule has 0 aromatic heterocycles. The first-order chi connectivity index (χ1) is 8.52. The third kappa shape index (κ3) is 4.75. The summed E-state index contributed by atoms with van der Waals surface area (Å²) in [7, 11) is 0. The highest BCUT2D eigenvalue weighted by Gasteiger charge is 2.14. The lowest BCUT2D eigenvalue weighted by Crippen LogP contribution is -2.41. The molecule has 0 saturated carbocycles. The van der Waals surface area contributed by atoms with Gasteiger partial charge < -0.3 is 16.2 Å². The molecule has 1 atom stereocenters. The van der Waals surface area contributed by atoms with E-state index in [1.165, 1.54) is 0 Å². The summed E-state index contributed by atoms with van der Waals surface area (Å²) in [5, 5.41) is 12.0. The zero-order chi connectivity index (χ0) is 13.5. The molecule has 0 aliphatic carbocycles. The third-order valence-electron chi connectivity index (χ3n) is 2.94. The molecule has 1 aromatic carbocycles. The summed E-state index contributed by atoms with van der Waals surface area (Å²) >= 11 is 0. The van der Waals surface area contributed by atoms with E-state index < -0.39 is 0 Å². The van der Waals surface area contributed by atoms with E-state index in [1.54, 1.807) is 0 Å². The van der Waals surface area contributed by atoms with Crippen LogP contribution in [0.25, 0.3) is 0 Å². The maximum Gasteiger partial charge on any atom is 0.220 e. The molecule has 0 spiro atoms. The topological polar surface area (TPSA) is 75.3 Å². The van der Waals surface area contributed by atoms with Gasteiger partial charge >= 0.3 is 0 Å². The second-order valence-electron chi connectivity index (χ2n) is 4.85. The molecule has 0 fully saturated rings. The number of anilines is 1. The molecule has 4 N–H and O–H groups in total. The Morgan fingerprint density at radius 2 is 2.17 bits per heavy atom. The molecule has 0 bridgehead atoms. The summed E-state index contributed by atoms with van der Waals surface area (Å²) in [6, 6.07) is 7.37. The summed E-state index contributed by atoms with van der Waals surface area (Å²) in [6.45, 7) is 3.92. The Kier molecular flexibility index (Phi) is 5.65. The van der Waals surface area contributed by atoms with Gasteiger partial charge in [-0.3, -0.25) is 4.79 Å². The highest BCUT2D eigenvalue weighted by atomic mass is 16.3. The van der Waals surface area contributed by atoms with Crippen LogP contribution in [-0.2, 0) is 11.2 Å². The van der Waals surface area contributed by atoms with Crippen molar-refractivity contribution in [2.75, 3.05) is 12.3 Å². The Bertz CT molecular complexity index is 391. The molecule has 0 aliphatic rings. The molecule has 18 heavy (non-hydrogen) atoms. The zero-order valence-corrected chi connectivity index (χ0v) is 11.0. The molecular formula is C14H22N2O2. The van der Waals surface area contributed by atoms with Gasteiger partial charge in [-0.05, 0) is 30.0 Å². The van der Waals surface area contributed by atoms with Gasteiger partial charge in [0.1, 0.15) is 0 Å². The number of aliphatic hydroxyl groups is 1.